The maximum absolute atomic E-state index is 13.7. The summed E-state index contributed by atoms with van der Waals surface area (Å²) in [5, 5.41) is 3.34. The van der Waals surface area contributed by atoms with Crippen LogP contribution < -0.4 is 5.32 Å². The Kier molecular flexibility index (Phi) is 4.91. The van der Waals surface area contributed by atoms with Crippen LogP contribution >= 0.6 is 0 Å². The number of carbonyl (C=O) groups excluding carboxylic acids is 1. The van der Waals surface area contributed by atoms with Crippen LogP contribution in [0.3, 0.4) is 0 Å². The van der Waals surface area contributed by atoms with Gasteiger partial charge >= 0.3 is 0 Å². The first-order chi connectivity index (χ1) is 9.22. The fourth-order valence-electron chi connectivity index (χ4n) is 2.55. The fourth-order valence-corrected chi connectivity index (χ4v) is 2.55. The number of rotatable bonds is 4. The van der Waals surface area contributed by atoms with Crippen LogP contribution in [0.1, 0.15) is 30.1 Å². The third-order valence-corrected chi connectivity index (χ3v) is 3.65. The maximum atomic E-state index is 13.7. The summed E-state index contributed by atoms with van der Waals surface area (Å²) in [6.07, 6.45) is 2.28. The van der Waals surface area contributed by atoms with Crippen LogP contribution in [0.2, 0.25) is 0 Å². The number of piperidine rings is 1. The van der Waals surface area contributed by atoms with Crippen LogP contribution in [-0.4, -0.2) is 37.0 Å². The van der Waals surface area contributed by atoms with Crippen molar-refractivity contribution in [2.45, 2.75) is 19.8 Å². The van der Waals surface area contributed by atoms with E-state index in [1.807, 2.05) is 6.92 Å². The highest BCUT2D eigenvalue weighted by Crippen LogP contribution is 2.15. The average molecular weight is 264 g/mol. The van der Waals surface area contributed by atoms with Gasteiger partial charge in [-0.2, -0.15) is 0 Å². The number of amides is 1. The minimum Gasteiger partial charge on any atom is -0.339 e. The Morgan fingerprint density at radius 1 is 1.47 bits per heavy atom. The molecule has 1 saturated heterocycles. The van der Waals surface area contributed by atoms with Gasteiger partial charge in [-0.15, -0.1) is 0 Å². The number of halogens is 1. The van der Waals surface area contributed by atoms with Gasteiger partial charge in [0.25, 0.3) is 5.91 Å². The molecule has 0 radical (unpaired) electrons. The van der Waals surface area contributed by atoms with E-state index in [9.17, 15) is 9.18 Å². The molecule has 1 fully saturated rings. The molecule has 1 atom stereocenters. The Labute approximate surface area is 113 Å². The molecule has 2 rings (SSSR count). The van der Waals surface area contributed by atoms with E-state index in [4.69, 9.17) is 0 Å². The molecule has 1 amide bonds. The van der Waals surface area contributed by atoms with Crippen LogP contribution in [0.4, 0.5) is 4.39 Å². The van der Waals surface area contributed by atoms with Gasteiger partial charge in [0.15, 0.2) is 0 Å². The Bertz CT molecular complexity index is 430. The van der Waals surface area contributed by atoms with E-state index in [2.05, 4.69) is 5.32 Å². The van der Waals surface area contributed by atoms with Crippen LogP contribution in [-0.2, 0) is 0 Å². The van der Waals surface area contributed by atoms with Gasteiger partial charge in [0.05, 0.1) is 5.56 Å². The summed E-state index contributed by atoms with van der Waals surface area (Å²) in [6.45, 7) is 5.26. The molecule has 1 heterocycles. The summed E-state index contributed by atoms with van der Waals surface area (Å²) in [5.41, 5.74) is 0.174. The largest absolute Gasteiger partial charge is 0.339 e. The molecule has 4 heteroatoms. The van der Waals surface area contributed by atoms with Crippen molar-refractivity contribution >= 4 is 5.91 Å². The minimum absolute atomic E-state index is 0.174. The molecule has 1 N–H and O–H groups in total. The summed E-state index contributed by atoms with van der Waals surface area (Å²) < 4.78 is 13.7. The van der Waals surface area contributed by atoms with Gasteiger partial charge in [-0.25, -0.2) is 4.39 Å². The normalized spacial score (nSPS) is 19.2. The first-order valence-electron chi connectivity index (χ1n) is 6.97. The van der Waals surface area contributed by atoms with E-state index < -0.39 is 5.82 Å². The molecule has 0 aliphatic carbocycles. The lowest BCUT2D eigenvalue weighted by Crippen LogP contribution is -2.41. The average Bonchev–Trinajstić information content (AvgIpc) is 2.46. The van der Waals surface area contributed by atoms with Crippen molar-refractivity contribution < 1.29 is 9.18 Å². The van der Waals surface area contributed by atoms with Crippen LogP contribution in [0.15, 0.2) is 24.3 Å². The summed E-state index contributed by atoms with van der Waals surface area (Å²) >= 11 is 0. The number of hydrogen-bond acceptors (Lipinski definition) is 2. The second-order valence-electron chi connectivity index (χ2n) is 5.04. The van der Waals surface area contributed by atoms with E-state index >= 15 is 0 Å². The number of nitrogens with one attached hydrogen (secondary N) is 1. The zero-order chi connectivity index (χ0) is 13.7. The van der Waals surface area contributed by atoms with E-state index in [0.29, 0.717) is 19.0 Å². The zero-order valence-corrected chi connectivity index (χ0v) is 11.4. The molecule has 1 aromatic carbocycles. The molecule has 0 saturated carbocycles. The van der Waals surface area contributed by atoms with Gasteiger partial charge in [-0.1, -0.05) is 12.1 Å². The Hall–Kier alpha value is -1.42. The molecule has 3 nitrogen and oxygen atoms in total. The van der Waals surface area contributed by atoms with Gasteiger partial charge in [-0.05, 0) is 50.9 Å². The van der Waals surface area contributed by atoms with E-state index in [-0.39, 0.29) is 11.5 Å². The van der Waals surface area contributed by atoms with Crippen molar-refractivity contribution in [3.63, 3.8) is 0 Å². The van der Waals surface area contributed by atoms with E-state index in [0.717, 1.165) is 25.9 Å². The standard InChI is InChI=1S/C15H21FN2O/c1-2-18(11-12-6-5-9-17-10-12)15(19)13-7-3-4-8-14(13)16/h3-4,7-8,12,17H,2,5-6,9-11H2,1H3. The second kappa shape index (κ2) is 6.66. The lowest BCUT2D eigenvalue weighted by molar-refractivity contribution is 0.0724. The van der Waals surface area contributed by atoms with Gasteiger partial charge in [-0.3, -0.25) is 4.79 Å². The first-order valence-corrected chi connectivity index (χ1v) is 6.97. The lowest BCUT2D eigenvalue weighted by Gasteiger charge is -2.29. The maximum Gasteiger partial charge on any atom is 0.256 e. The smallest absolute Gasteiger partial charge is 0.256 e. The monoisotopic (exact) mass is 264 g/mol. The fraction of sp³-hybridized carbons (Fsp3) is 0.533. The molecule has 0 bridgehead atoms. The Balaban J connectivity index is 2.04. The molecule has 104 valence electrons. The predicted molar refractivity (Wildman–Crippen MR) is 73.6 cm³/mol. The lowest BCUT2D eigenvalue weighted by atomic mass is 9.98. The number of hydrogen-bond donors (Lipinski definition) is 1. The zero-order valence-electron chi connectivity index (χ0n) is 11.4. The van der Waals surface area contributed by atoms with E-state index in [1.165, 1.54) is 6.07 Å². The first kappa shape index (κ1) is 14.0. The summed E-state index contributed by atoms with van der Waals surface area (Å²) in [5.74, 6) is -0.164. The van der Waals surface area contributed by atoms with Crippen LogP contribution in [0.25, 0.3) is 0 Å². The minimum atomic E-state index is -0.437. The molecule has 0 spiro atoms. The number of benzene rings is 1. The molecule has 1 aliphatic rings. The van der Waals surface area contributed by atoms with Gasteiger partial charge in [0.2, 0.25) is 0 Å². The summed E-state index contributed by atoms with van der Waals surface area (Å²) in [4.78, 5) is 14.1. The summed E-state index contributed by atoms with van der Waals surface area (Å²) in [7, 11) is 0. The van der Waals surface area contributed by atoms with Crippen molar-refractivity contribution in [3.05, 3.63) is 35.6 Å². The summed E-state index contributed by atoms with van der Waals surface area (Å²) in [6, 6.07) is 6.20. The quantitative estimate of drug-likeness (QED) is 0.905. The van der Waals surface area contributed by atoms with Crippen molar-refractivity contribution in [2.75, 3.05) is 26.2 Å². The van der Waals surface area contributed by atoms with Crippen molar-refractivity contribution in [2.24, 2.45) is 5.92 Å². The van der Waals surface area contributed by atoms with Crippen LogP contribution in [0.5, 0.6) is 0 Å². The molecule has 0 aromatic heterocycles. The number of carbonyl (C=O) groups is 1. The van der Waals surface area contributed by atoms with Crippen molar-refractivity contribution in [3.8, 4) is 0 Å². The highest BCUT2D eigenvalue weighted by Gasteiger charge is 2.22. The highest BCUT2D eigenvalue weighted by atomic mass is 19.1. The molecule has 1 unspecified atom stereocenters. The molecule has 1 aliphatic heterocycles. The predicted octanol–water partition coefficient (Wildman–Crippen LogP) is 2.29. The third kappa shape index (κ3) is 3.53. The van der Waals surface area contributed by atoms with E-state index in [1.54, 1.807) is 23.1 Å². The van der Waals surface area contributed by atoms with Gasteiger partial charge in [0.1, 0.15) is 5.82 Å². The molecular weight excluding hydrogens is 243 g/mol. The van der Waals surface area contributed by atoms with Crippen LogP contribution in [0, 0.1) is 11.7 Å². The SMILES string of the molecule is CCN(CC1CCCNC1)C(=O)c1ccccc1F. The Morgan fingerprint density at radius 3 is 2.89 bits per heavy atom. The highest BCUT2D eigenvalue weighted by molar-refractivity contribution is 5.94. The second-order valence-corrected chi connectivity index (χ2v) is 5.04. The van der Waals surface area contributed by atoms with Crippen molar-refractivity contribution in [1.29, 1.82) is 0 Å². The molecular formula is C15H21FN2O. The topological polar surface area (TPSA) is 32.3 Å². The Morgan fingerprint density at radius 2 is 2.26 bits per heavy atom. The third-order valence-electron chi connectivity index (χ3n) is 3.65. The number of nitrogens with zero attached hydrogens (tertiary/aromatic N) is 1. The van der Waals surface area contributed by atoms with Gasteiger partial charge in [0, 0.05) is 13.1 Å². The van der Waals surface area contributed by atoms with Crippen molar-refractivity contribution in [1.82, 2.24) is 10.2 Å². The molecule has 19 heavy (non-hydrogen) atoms. The van der Waals surface area contributed by atoms with Gasteiger partial charge < -0.3 is 10.2 Å². The molecule has 1 aromatic rings.